The molecule has 48 heavy (non-hydrogen) atoms. The number of halogens is 2. The first-order valence-corrected chi connectivity index (χ1v) is 18.5. The summed E-state index contributed by atoms with van der Waals surface area (Å²) >= 11 is 12.0. The smallest absolute Gasteiger partial charge is 0.233 e. The number of amides is 2. The van der Waals surface area contributed by atoms with E-state index in [0.29, 0.717) is 30.0 Å². The quantitative estimate of drug-likeness (QED) is 0.260. The Bertz CT molecular complexity index is 1510. The second kappa shape index (κ2) is 15.7. The highest BCUT2D eigenvalue weighted by molar-refractivity contribution is 6.30. The van der Waals surface area contributed by atoms with Crippen molar-refractivity contribution in [3.8, 4) is 5.75 Å². The summed E-state index contributed by atoms with van der Waals surface area (Å²) in [6, 6.07) is 25.5. The van der Waals surface area contributed by atoms with Gasteiger partial charge in [-0.1, -0.05) is 78.5 Å². The van der Waals surface area contributed by atoms with Gasteiger partial charge in [-0.3, -0.25) is 9.59 Å². The van der Waals surface area contributed by atoms with Gasteiger partial charge >= 0.3 is 0 Å². The fraction of sp³-hybridized carbons (Fsp3) is 0.500. The average Bonchev–Trinajstić information content (AvgIpc) is 3.09. The van der Waals surface area contributed by atoms with Gasteiger partial charge < -0.3 is 19.6 Å². The molecular weight excluding hydrogens is 643 g/mol. The number of likely N-dealkylation sites (tertiary alicyclic amines) is 2. The Hall–Kier alpha value is -3.06. The lowest BCUT2D eigenvalue weighted by molar-refractivity contribution is -0.143. The molecule has 2 aliphatic carbocycles. The number of carbonyl (C=O) groups excluding carboxylic acids is 2. The van der Waals surface area contributed by atoms with E-state index in [-0.39, 0.29) is 29.3 Å². The van der Waals surface area contributed by atoms with Gasteiger partial charge in [-0.2, -0.15) is 0 Å². The van der Waals surface area contributed by atoms with Crippen molar-refractivity contribution in [3.63, 3.8) is 0 Å². The largest absolute Gasteiger partial charge is 0.493 e. The number of benzene rings is 3. The van der Waals surface area contributed by atoms with Crippen LogP contribution in [0.2, 0.25) is 10.0 Å². The minimum Gasteiger partial charge on any atom is -0.493 e. The fourth-order valence-electron chi connectivity index (χ4n) is 7.97. The average molecular weight is 692 g/mol. The van der Waals surface area contributed by atoms with Crippen LogP contribution in [0.4, 0.5) is 0 Å². The molecule has 0 aromatic heterocycles. The fourth-order valence-corrected chi connectivity index (χ4v) is 8.22. The lowest BCUT2D eigenvalue weighted by Crippen LogP contribution is -2.54. The van der Waals surface area contributed by atoms with Crippen molar-refractivity contribution in [1.29, 1.82) is 0 Å². The Morgan fingerprint density at radius 1 is 0.667 bits per heavy atom. The van der Waals surface area contributed by atoms with Crippen molar-refractivity contribution in [2.24, 2.45) is 11.8 Å². The van der Waals surface area contributed by atoms with Crippen LogP contribution in [-0.2, 0) is 20.4 Å². The molecule has 2 heterocycles. The number of carbonyl (C=O) groups is 2. The Kier molecular flexibility index (Phi) is 11.3. The van der Waals surface area contributed by atoms with Crippen molar-refractivity contribution >= 4 is 35.0 Å². The van der Waals surface area contributed by atoms with E-state index < -0.39 is 0 Å². The Morgan fingerprint density at radius 3 is 1.56 bits per heavy atom. The molecule has 0 bridgehead atoms. The number of aliphatic hydroxyl groups is 1. The van der Waals surface area contributed by atoms with Crippen LogP contribution < -0.4 is 4.74 Å². The predicted octanol–water partition coefficient (Wildman–Crippen LogP) is 8.07. The van der Waals surface area contributed by atoms with E-state index in [0.717, 1.165) is 106 Å². The molecule has 7 rings (SSSR count). The number of nitrogens with zero attached hydrogens (tertiary/aromatic N) is 2. The van der Waals surface area contributed by atoms with Crippen LogP contribution >= 0.6 is 23.2 Å². The van der Waals surface area contributed by atoms with E-state index >= 15 is 0 Å². The molecule has 2 aliphatic heterocycles. The first-order valence-electron chi connectivity index (χ1n) is 17.7. The van der Waals surface area contributed by atoms with E-state index in [1.807, 2.05) is 83.8 Å². The molecule has 256 valence electrons. The summed E-state index contributed by atoms with van der Waals surface area (Å²) in [5.41, 5.74) is 1.52. The molecule has 2 amide bonds. The summed E-state index contributed by atoms with van der Waals surface area (Å²) in [6.45, 7) is 4.02. The van der Waals surface area contributed by atoms with Gasteiger partial charge in [0.15, 0.2) is 0 Å². The van der Waals surface area contributed by atoms with E-state index in [4.69, 9.17) is 27.9 Å². The van der Waals surface area contributed by atoms with Crippen molar-refractivity contribution in [3.05, 3.63) is 100 Å². The SMILES string of the molecule is O=C(N1CCCC(CO)C1)C1(c2ccc(Cl)cc2)CCC1.O=C(N1CCCC(COc2ccccc2)C1)C1(c2ccc(Cl)cc2)CCC1. The van der Waals surface area contributed by atoms with E-state index in [2.05, 4.69) is 4.90 Å². The number of hydrogen-bond acceptors (Lipinski definition) is 4. The van der Waals surface area contributed by atoms with E-state index in [1.54, 1.807) is 0 Å². The highest BCUT2D eigenvalue weighted by atomic mass is 35.5. The van der Waals surface area contributed by atoms with Crippen LogP contribution in [0.25, 0.3) is 0 Å². The van der Waals surface area contributed by atoms with Crippen LogP contribution in [0.1, 0.15) is 75.3 Å². The van der Waals surface area contributed by atoms with Crippen molar-refractivity contribution in [2.45, 2.75) is 75.0 Å². The molecule has 3 aromatic rings. The van der Waals surface area contributed by atoms with Crippen LogP contribution in [0.5, 0.6) is 5.75 Å². The van der Waals surface area contributed by atoms with Crippen molar-refractivity contribution in [2.75, 3.05) is 39.4 Å². The third kappa shape index (κ3) is 7.56. The number of piperidine rings is 2. The number of hydrogen-bond donors (Lipinski definition) is 1. The summed E-state index contributed by atoms with van der Waals surface area (Å²) < 4.78 is 5.94. The molecule has 2 saturated carbocycles. The van der Waals surface area contributed by atoms with Crippen LogP contribution in [0, 0.1) is 11.8 Å². The molecule has 0 spiro atoms. The Balaban J connectivity index is 0.000000173. The van der Waals surface area contributed by atoms with Gasteiger partial charge in [0.1, 0.15) is 5.75 Å². The highest BCUT2D eigenvalue weighted by Crippen LogP contribution is 2.47. The molecular formula is C40H48Cl2N2O4. The normalized spacial score (nSPS) is 22.7. The first kappa shape index (κ1) is 34.8. The molecule has 2 unspecified atom stereocenters. The molecule has 6 nitrogen and oxygen atoms in total. The molecule has 2 atom stereocenters. The van der Waals surface area contributed by atoms with Crippen LogP contribution in [0.15, 0.2) is 78.9 Å². The maximum atomic E-state index is 13.5. The van der Waals surface area contributed by atoms with Crippen LogP contribution in [-0.4, -0.2) is 66.1 Å². The van der Waals surface area contributed by atoms with Gasteiger partial charge in [0.2, 0.25) is 11.8 Å². The summed E-state index contributed by atoms with van der Waals surface area (Å²) in [5, 5.41) is 10.8. The van der Waals surface area contributed by atoms with E-state index in [1.165, 1.54) is 0 Å². The number of ether oxygens (including phenoxy) is 1. The summed E-state index contributed by atoms with van der Waals surface area (Å²) in [6.07, 6.45) is 10.1. The molecule has 4 aliphatic rings. The van der Waals surface area contributed by atoms with Gasteiger partial charge in [-0.25, -0.2) is 0 Å². The molecule has 8 heteroatoms. The first-order chi connectivity index (χ1) is 23.3. The van der Waals surface area contributed by atoms with Crippen molar-refractivity contribution < 1.29 is 19.4 Å². The molecule has 4 fully saturated rings. The topological polar surface area (TPSA) is 70.1 Å². The van der Waals surface area contributed by atoms with Crippen molar-refractivity contribution in [1.82, 2.24) is 9.80 Å². The standard InChI is InChI=1S/C23H26ClNO2.C17H22ClNO2/c24-20-11-9-19(10-12-20)23(13-5-14-23)22(26)25-15-4-6-18(16-25)17-27-21-7-2-1-3-8-21;18-15-6-4-14(5-7-15)17(8-2-9-17)16(21)19-10-1-3-13(11-19)12-20/h1-3,7-12,18H,4-6,13-17H2;4-7,13,20H,1-3,8-12H2. The zero-order chi connectivity index (χ0) is 33.6. The number of aliphatic hydroxyl groups excluding tert-OH is 1. The highest BCUT2D eigenvalue weighted by Gasteiger charge is 2.49. The van der Waals surface area contributed by atoms with Crippen LogP contribution in [0.3, 0.4) is 0 Å². The maximum Gasteiger partial charge on any atom is 0.233 e. The molecule has 3 aromatic carbocycles. The lowest BCUT2D eigenvalue weighted by atomic mass is 9.63. The maximum absolute atomic E-state index is 13.5. The van der Waals surface area contributed by atoms with Gasteiger partial charge in [-0.15, -0.1) is 0 Å². The second-order valence-electron chi connectivity index (χ2n) is 14.2. The second-order valence-corrected chi connectivity index (χ2v) is 15.1. The number of rotatable bonds is 8. The minimum absolute atomic E-state index is 0.178. The summed E-state index contributed by atoms with van der Waals surface area (Å²) in [4.78, 5) is 30.6. The number of para-hydroxylation sites is 1. The van der Waals surface area contributed by atoms with Gasteiger partial charge in [0.05, 0.1) is 17.4 Å². The predicted molar refractivity (Wildman–Crippen MR) is 192 cm³/mol. The van der Waals surface area contributed by atoms with E-state index in [9.17, 15) is 14.7 Å². The summed E-state index contributed by atoms with van der Waals surface area (Å²) in [5.74, 6) is 2.07. The Morgan fingerprint density at radius 2 is 1.12 bits per heavy atom. The van der Waals surface area contributed by atoms with Gasteiger partial charge in [0.25, 0.3) is 0 Å². The molecule has 0 radical (unpaired) electrons. The third-order valence-electron chi connectivity index (χ3n) is 11.1. The zero-order valence-corrected chi connectivity index (χ0v) is 29.3. The van der Waals surface area contributed by atoms with Gasteiger partial charge in [0, 0.05) is 48.7 Å². The molecule has 1 N–H and O–H groups in total. The minimum atomic E-state index is -0.345. The summed E-state index contributed by atoms with van der Waals surface area (Å²) in [7, 11) is 0. The monoisotopic (exact) mass is 690 g/mol. The lowest BCUT2D eigenvalue weighted by Gasteiger charge is -2.46. The third-order valence-corrected chi connectivity index (χ3v) is 11.6. The van der Waals surface area contributed by atoms with Gasteiger partial charge in [-0.05, 0) is 105 Å². The Labute approximate surface area is 295 Å². The zero-order valence-electron chi connectivity index (χ0n) is 27.8. The molecule has 2 saturated heterocycles.